The number of para-hydroxylation sites is 1. The number of carbonyl (C=O) groups excluding carboxylic acids is 1. The highest BCUT2D eigenvalue weighted by molar-refractivity contribution is 5.95. The minimum Gasteiger partial charge on any atom is -0.324 e. The quantitative estimate of drug-likeness (QED) is 0.881. The number of likely N-dealkylation sites (tertiary alicyclic amines) is 1. The van der Waals surface area contributed by atoms with E-state index < -0.39 is 0 Å². The van der Waals surface area contributed by atoms with Gasteiger partial charge in [0.15, 0.2) is 0 Å². The Kier molecular flexibility index (Phi) is 4.33. The van der Waals surface area contributed by atoms with Gasteiger partial charge in [0.2, 0.25) is 5.91 Å². The van der Waals surface area contributed by atoms with Crippen molar-refractivity contribution >= 4 is 11.6 Å². The summed E-state index contributed by atoms with van der Waals surface area (Å²) in [4.78, 5) is 14.7. The number of hydrogen-bond acceptors (Lipinski definition) is 3. The van der Waals surface area contributed by atoms with Crippen molar-refractivity contribution in [1.29, 1.82) is 0 Å². The lowest BCUT2D eigenvalue weighted by atomic mass is 10.1. The van der Waals surface area contributed by atoms with Gasteiger partial charge in [0.1, 0.15) is 0 Å². The second kappa shape index (κ2) is 6.37. The van der Waals surface area contributed by atoms with Crippen LogP contribution in [-0.2, 0) is 11.3 Å². The van der Waals surface area contributed by atoms with Crippen LogP contribution in [0.15, 0.2) is 24.3 Å². The standard InChI is InChI=1S/C16H23N3O/c20-16(15-8-5-9-17-15)18-14-7-2-1-6-13(14)12-19-10-3-4-11-19/h1-2,6-7,15,17H,3-5,8-12H2,(H,18,20)/t15-/m0/s1. The molecule has 0 unspecified atom stereocenters. The minimum atomic E-state index is -0.0187. The molecule has 0 radical (unpaired) electrons. The fourth-order valence-electron chi connectivity index (χ4n) is 3.09. The number of nitrogens with one attached hydrogen (secondary N) is 2. The summed E-state index contributed by atoms with van der Waals surface area (Å²) in [5.41, 5.74) is 2.19. The third-order valence-electron chi connectivity index (χ3n) is 4.24. The first-order valence-electron chi connectivity index (χ1n) is 7.67. The summed E-state index contributed by atoms with van der Waals surface area (Å²) >= 11 is 0. The molecule has 20 heavy (non-hydrogen) atoms. The molecule has 2 heterocycles. The van der Waals surface area contributed by atoms with Gasteiger partial charge in [-0.1, -0.05) is 18.2 Å². The molecule has 4 nitrogen and oxygen atoms in total. The molecule has 0 bridgehead atoms. The van der Waals surface area contributed by atoms with Crippen molar-refractivity contribution in [1.82, 2.24) is 10.2 Å². The van der Waals surface area contributed by atoms with E-state index in [0.29, 0.717) is 0 Å². The normalized spacial score (nSPS) is 23.1. The van der Waals surface area contributed by atoms with E-state index in [1.807, 2.05) is 12.1 Å². The maximum atomic E-state index is 12.2. The van der Waals surface area contributed by atoms with Crippen molar-refractivity contribution < 1.29 is 4.79 Å². The topological polar surface area (TPSA) is 44.4 Å². The zero-order valence-corrected chi connectivity index (χ0v) is 11.9. The van der Waals surface area contributed by atoms with E-state index >= 15 is 0 Å². The van der Waals surface area contributed by atoms with Gasteiger partial charge >= 0.3 is 0 Å². The highest BCUT2D eigenvalue weighted by atomic mass is 16.2. The van der Waals surface area contributed by atoms with Crippen LogP contribution in [-0.4, -0.2) is 36.5 Å². The van der Waals surface area contributed by atoms with Crippen LogP contribution in [0, 0.1) is 0 Å². The Morgan fingerprint density at radius 1 is 1.25 bits per heavy atom. The highest BCUT2D eigenvalue weighted by Crippen LogP contribution is 2.20. The lowest BCUT2D eigenvalue weighted by Gasteiger charge is -2.19. The molecule has 0 spiro atoms. The lowest BCUT2D eigenvalue weighted by Crippen LogP contribution is -2.35. The number of nitrogens with zero attached hydrogens (tertiary/aromatic N) is 1. The minimum absolute atomic E-state index is 0.0187. The lowest BCUT2D eigenvalue weighted by molar-refractivity contribution is -0.117. The number of carbonyl (C=O) groups is 1. The highest BCUT2D eigenvalue weighted by Gasteiger charge is 2.22. The summed E-state index contributed by atoms with van der Waals surface area (Å²) < 4.78 is 0. The SMILES string of the molecule is O=C(Nc1ccccc1CN1CCCC1)[C@@H]1CCCN1. The molecule has 2 aliphatic rings. The first-order chi connectivity index (χ1) is 9.83. The average molecular weight is 273 g/mol. The monoisotopic (exact) mass is 273 g/mol. The van der Waals surface area contributed by atoms with Gasteiger partial charge < -0.3 is 10.6 Å². The molecular formula is C16H23N3O. The Morgan fingerprint density at radius 3 is 2.80 bits per heavy atom. The molecular weight excluding hydrogens is 250 g/mol. The second-order valence-electron chi connectivity index (χ2n) is 5.78. The number of hydrogen-bond donors (Lipinski definition) is 2. The van der Waals surface area contributed by atoms with Crippen LogP contribution in [0.4, 0.5) is 5.69 Å². The van der Waals surface area contributed by atoms with Gasteiger partial charge in [0, 0.05) is 12.2 Å². The van der Waals surface area contributed by atoms with E-state index in [9.17, 15) is 4.79 Å². The maximum Gasteiger partial charge on any atom is 0.241 e. The molecule has 3 rings (SSSR count). The Bertz CT molecular complexity index is 463. The molecule has 1 aromatic carbocycles. The van der Waals surface area contributed by atoms with Crippen LogP contribution in [0.2, 0.25) is 0 Å². The Labute approximate surface area is 120 Å². The van der Waals surface area contributed by atoms with Crippen molar-refractivity contribution in [3.8, 4) is 0 Å². The predicted molar refractivity (Wildman–Crippen MR) is 80.6 cm³/mol. The van der Waals surface area contributed by atoms with Gasteiger partial charge in [-0.25, -0.2) is 0 Å². The van der Waals surface area contributed by atoms with Crippen LogP contribution in [0.3, 0.4) is 0 Å². The number of anilines is 1. The maximum absolute atomic E-state index is 12.2. The molecule has 1 atom stereocenters. The molecule has 2 fully saturated rings. The Balaban J connectivity index is 1.66. The molecule has 1 aromatic rings. The van der Waals surface area contributed by atoms with Gasteiger partial charge in [-0.05, 0) is 56.9 Å². The smallest absolute Gasteiger partial charge is 0.241 e. The largest absolute Gasteiger partial charge is 0.324 e. The van der Waals surface area contributed by atoms with Crippen LogP contribution < -0.4 is 10.6 Å². The predicted octanol–water partition coefficient (Wildman–Crippen LogP) is 1.97. The Hall–Kier alpha value is -1.39. The van der Waals surface area contributed by atoms with E-state index in [-0.39, 0.29) is 11.9 Å². The van der Waals surface area contributed by atoms with E-state index in [1.54, 1.807) is 0 Å². The van der Waals surface area contributed by atoms with E-state index in [0.717, 1.165) is 31.6 Å². The molecule has 2 saturated heterocycles. The molecule has 1 amide bonds. The van der Waals surface area contributed by atoms with Crippen LogP contribution >= 0.6 is 0 Å². The van der Waals surface area contributed by atoms with E-state index in [1.165, 1.54) is 31.5 Å². The summed E-state index contributed by atoms with van der Waals surface area (Å²) in [7, 11) is 0. The first-order valence-corrected chi connectivity index (χ1v) is 7.67. The average Bonchev–Trinajstić information content (AvgIpc) is 3.13. The third-order valence-corrected chi connectivity index (χ3v) is 4.24. The number of rotatable bonds is 4. The molecule has 0 aliphatic carbocycles. The van der Waals surface area contributed by atoms with Gasteiger partial charge in [0.25, 0.3) is 0 Å². The molecule has 0 aromatic heterocycles. The van der Waals surface area contributed by atoms with Gasteiger partial charge in [-0.3, -0.25) is 9.69 Å². The van der Waals surface area contributed by atoms with Crippen LogP contribution in [0.25, 0.3) is 0 Å². The summed E-state index contributed by atoms with van der Waals surface area (Å²) in [6.07, 6.45) is 4.62. The Morgan fingerprint density at radius 2 is 2.05 bits per heavy atom. The zero-order chi connectivity index (χ0) is 13.8. The van der Waals surface area contributed by atoms with Gasteiger partial charge in [-0.2, -0.15) is 0 Å². The van der Waals surface area contributed by atoms with Crippen LogP contribution in [0.5, 0.6) is 0 Å². The van der Waals surface area contributed by atoms with Gasteiger partial charge in [-0.15, -0.1) is 0 Å². The van der Waals surface area contributed by atoms with Crippen molar-refractivity contribution in [2.45, 2.75) is 38.3 Å². The van der Waals surface area contributed by atoms with Crippen molar-refractivity contribution in [2.75, 3.05) is 25.0 Å². The fraction of sp³-hybridized carbons (Fsp3) is 0.562. The first kappa shape index (κ1) is 13.6. The van der Waals surface area contributed by atoms with E-state index in [2.05, 4.69) is 27.7 Å². The summed E-state index contributed by atoms with van der Waals surface area (Å²) in [5, 5.41) is 6.35. The fourth-order valence-corrected chi connectivity index (χ4v) is 3.09. The molecule has 108 valence electrons. The van der Waals surface area contributed by atoms with Crippen LogP contribution in [0.1, 0.15) is 31.2 Å². The number of amides is 1. The molecule has 2 aliphatic heterocycles. The molecule has 2 N–H and O–H groups in total. The summed E-state index contributed by atoms with van der Waals surface area (Å²) in [6, 6.07) is 8.16. The third kappa shape index (κ3) is 3.19. The van der Waals surface area contributed by atoms with Crippen molar-refractivity contribution in [3.63, 3.8) is 0 Å². The molecule has 4 heteroatoms. The second-order valence-corrected chi connectivity index (χ2v) is 5.78. The van der Waals surface area contributed by atoms with E-state index in [4.69, 9.17) is 0 Å². The zero-order valence-electron chi connectivity index (χ0n) is 11.9. The molecule has 0 saturated carbocycles. The van der Waals surface area contributed by atoms with Crippen molar-refractivity contribution in [2.24, 2.45) is 0 Å². The summed E-state index contributed by atoms with van der Waals surface area (Å²) in [5.74, 6) is 0.108. The number of benzene rings is 1. The van der Waals surface area contributed by atoms with Gasteiger partial charge in [0.05, 0.1) is 6.04 Å². The summed E-state index contributed by atoms with van der Waals surface area (Å²) in [6.45, 7) is 4.24. The van der Waals surface area contributed by atoms with Crippen molar-refractivity contribution in [3.05, 3.63) is 29.8 Å².